The van der Waals surface area contributed by atoms with E-state index >= 15 is 0 Å². The molecule has 0 N–H and O–H groups in total. The molecular weight excluding hydrogens is 753 g/mol. The summed E-state index contributed by atoms with van der Waals surface area (Å²) in [4.78, 5) is 14.7. The first-order chi connectivity index (χ1) is 30.0. The number of para-hydroxylation sites is 1. The Bertz CT molecular complexity index is 3000. The number of nitrogens with zero attached hydrogens (tertiary/aromatic N) is 2. The van der Waals surface area contributed by atoms with Crippen molar-refractivity contribution in [3.05, 3.63) is 250 Å². The molecule has 10 aromatic rings. The van der Waals surface area contributed by atoms with Crippen molar-refractivity contribution in [3.63, 3.8) is 0 Å². The van der Waals surface area contributed by atoms with E-state index in [1.165, 1.54) is 11.1 Å². The van der Waals surface area contributed by atoms with Crippen molar-refractivity contribution in [1.82, 2.24) is 9.13 Å². The lowest BCUT2D eigenvalue weighted by molar-refractivity contribution is 0.306. The lowest BCUT2D eigenvalue weighted by Gasteiger charge is -2.30. The molecule has 61 heavy (non-hydrogen) atoms. The van der Waals surface area contributed by atoms with Crippen LogP contribution in [0.25, 0.3) is 32.8 Å². The average molecular weight is 797 g/mol. The Morgan fingerprint density at radius 2 is 0.902 bits per heavy atom. The van der Waals surface area contributed by atoms with Crippen LogP contribution >= 0.6 is 0 Å². The van der Waals surface area contributed by atoms with Crippen LogP contribution < -0.4 is 15.1 Å². The summed E-state index contributed by atoms with van der Waals surface area (Å²) < 4.78 is 23.8. The number of aromatic nitrogens is 2. The Kier molecular flexibility index (Phi) is 10.0. The maximum atomic E-state index is 14.7. The Morgan fingerprint density at radius 1 is 0.475 bits per heavy atom. The summed E-state index contributed by atoms with van der Waals surface area (Å²) in [5.74, 6) is 1.48. The molecule has 0 radical (unpaired) electrons. The van der Waals surface area contributed by atoms with Crippen molar-refractivity contribution >= 4 is 32.8 Å². The summed E-state index contributed by atoms with van der Waals surface area (Å²) in [5, 5.41) is 2.82. The highest BCUT2D eigenvalue weighted by molar-refractivity contribution is 5.93. The topological polar surface area (TPSA) is 58.5 Å². The van der Waals surface area contributed by atoms with E-state index in [4.69, 9.17) is 13.9 Å². The molecule has 3 heterocycles. The molecule has 0 aliphatic carbocycles. The normalized spacial score (nSPS) is 11.7. The molecule has 0 spiro atoms. The van der Waals surface area contributed by atoms with Crippen LogP contribution in [-0.2, 0) is 31.7 Å². The van der Waals surface area contributed by atoms with Crippen molar-refractivity contribution in [2.24, 2.45) is 0 Å². The van der Waals surface area contributed by atoms with Crippen LogP contribution in [0.15, 0.2) is 210 Å². The van der Waals surface area contributed by atoms with Gasteiger partial charge in [-0.3, -0.25) is 0 Å². The number of hydrogen-bond donors (Lipinski definition) is 0. The van der Waals surface area contributed by atoms with Gasteiger partial charge in [0.2, 0.25) is 0 Å². The largest absolute Gasteiger partial charge is 0.489 e. The molecule has 0 amide bonds. The van der Waals surface area contributed by atoms with Crippen LogP contribution in [0.2, 0.25) is 0 Å². The van der Waals surface area contributed by atoms with Crippen LogP contribution in [0, 0.1) is 0 Å². The number of hydrogen-bond acceptors (Lipinski definition) is 4. The summed E-state index contributed by atoms with van der Waals surface area (Å²) in [6.07, 6.45) is 4.45. The van der Waals surface area contributed by atoms with Gasteiger partial charge in [-0.2, -0.15) is 0 Å². The van der Waals surface area contributed by atoms with E-state index in [9.17, 15) is 4.79 Å². The van der Waals surface area contributed by atoms with Gasteiger partial charge in [-0.15, -0.1) is 0 Å². The third kappa shape index (κ3) is 7.49. The van der Waals surface area contributed by atoms with Crippen molar-refractivity contribution in [2.45, 2.75) is 38.6 Å². The van der Waals surface area contributed by atoms with Gasteiger partial charge < -0.3 is 23.0 Å². The molecule has 6 nitrogen and oxygen atoms in total. The Morgan fingerprint density at radius 3 is 1.38 bits per heavy atom. The fraction of sp³-hybridized carbons (Fsp3) is 0.109. The fourth-order valence-electron chi connectivity index (χ4n) is 8.68. The van der Waals surface area contributed by atoms with Gasteiger partial charge in [-0.05, 0) is 88.8 Å². The molecule has 0 bridgehead atoms. The van der Waals surface area contributed by atoms with Crippen molar-refractivity contribution in [1.29, 1.82) is 0 Å². The summed E-state index contributed by atoms with van der Waals surface area (Å²) in [6, 6.07) is 63.7. The second kappa shape index (κ2) is 16.2. The van der Waals surface area contributed by atoms with Gasteiger partial charge in [-0.1, -0.05) is 140 Å². The molecule has 6 heteroatoms. The minimum absolute atomic E-state index is 0.387. The average Bonchev–Trinajstić information content (AvgIpc) is 3.86. The third-order valence-corrected chi connectivity index (χ3v) is 11.9. The highest BCUT2D eigenvalue weighted by atomic mass is 16.5. The second-order valence-corrected chi connectivity index (χ2v) is 15.8. The summed E-state index contributed by atoms with van der Waals surface area (Å²) in [6.45, 7) is 4.30. The molecule has 0 aliphatic rings. The zero-order valence-corrected chi connectivity index (χ0v) is 33.9. The molecule has 10 rings (SSSR count). The van der Waals surface area contributed by atoms with E-state index in [2.05, 4.69) is 126 Å². The van der Waals surface area contributed by atoms with E-state index < -0.39 is 5.41 Å². The first-order valence-electron chi connectivity index (χ1n) is 20.7. The van der Waals surface area contributed by atoms with E-state index in [0.717, 1.165) is 60.9 Å². The van der Waals surface area contributed by atoms with Gasteiger partial charge in [0.25, 0.3) is 0 Å². The molecular formula is C55H44N2O4. The summed E-state index contributed by atoms with van der Waals surface area (Å²) in [5.41, 5.74) is 8.14. The van der Waals surface area contributed by atoms with Gasteiger partial charge in [0.1, 0.15) is 30.3 Å². The number of benzene rings is 7. The highest BCUT2D eigenvalue weighted by Gasteiger charge is 2.40. The molecule has 7 aromatic carbocycles. The van der Waals surface area contributed by atoms with Crippen molar-refractivity contribution in [3.8, 4) is 11.5 Å². The van der Waals surface area contributed by atoms with Crippen LogP contribution in [0.3, 0.4) is 0 Å². The first kappa shape index (κ1) is 37.7. The predicted molar refractivity (Wildman–Crippen MR) is 245 cm³/mol. The van der Waals surface area contributed by atoms with Gasteiger partial charge >= 0.3 is 5.63 Å². The zero-order chi connectivity index (χ0) is 41.2. The summed E-state index contributed by atoms with van der Waals surface area (Å²) >= 11 is 0. The smallest absolute Gasteiger partial charge is 0.340 e. The minimum atomic E-state index is -1.04. The monoisotopic (exact) mass is 796 g/mol. The van der Waals surface area contributed by atoms with Gasteiger partial charge in [0.15, 0.2) is 0 Å². The summed E-state index contributed by atoms with van der Waals surface area (Å²) in [7, 11) is 0. The van der Waals surface area contributed by atoms with E-state index in [1.54, 1.807) is 0 Å². The maximum absolute atomic E-state index is 14.7. The fourth-order valence-corrected chi connectivity index (χ4v) is 8.68. The molecule has 0 saturated carbocycles. The molecule has 298 valence electrons. The third-order valence-electron chi connectivity index (χ3n) is 11.9. The maximum Gasteiger partial charge on any atom is 0.340 e. The predicted octanol–water partition coefficient (Wildman–Crippen LogP) is 12.3. The lowest BCUT2D eigenvalue weighted by atomic mass is 9.71. The quantitative estimate of drug-likeness (QED) is 0.109. The lowest BCUT2D eigenvalue weighted by Crippen LogP contribution is -2.31. The molecule has 3 aromatic heterocycles. The van der Waals surface area contributed by atoms with Gasteiger partial charge in [-0.25, -0.2) is 4.79 Å². The number of rotatable bonds is 13. The molecule has 0 atom stereocenters. The molecule has 0 saturated heterocycles. The molecule has 0 fully saturated rings. The van der Waals surface area contributed by atoms with Crippen molar-refractivity contribution in [2.75, 3.05) is 0 Å². The molecule has 0 aliphatic heterocycles. The number of fused-ring (bicyclic) bond motifs is 3. The SMILES string of the molecule is CC(c1cc2ccccc2oc1=O)(c1cn(Cc2ccccc2)c2ccc(OCc3ccccc3)cc12)c1cn(Cc2ccccc2)c2ccc(OCc3ccccc3)cc12. The van der Waals surface area contributed by atoms with Gasteiger partial charge in [0.05, 0.1) is 11.0 Å². The first-order valence-corrected chi connectivity index (χ1v) is 20.7. The van der Waals surface area contributed by atoms with Crippen LogP contribution in [0.5, 0.6) is 11.5 Å². The molecule has 0 unspecified atom stereocenters. The second-order valence-electron chi connectivity index (χ2n) is 15.8. The van der Waals surface area contributed by atoms with Crippen LogP contribution in [0.1, 0.15) is 45.9 Å². The van der Waals surface area contributed by atoms with Crippen molar-refractivity contribution < 1.29 is 13.9 Å². The van der Waals surface area contributed by atoms with E-state index in [0.29, 0.717) is 37.4 Å². The minimum Gasteiger partial charge on any atom is -0.489 e. The Hall–Kier alpha value is -7.57. The Balaban J connectivity index is 1.23. The number of ether oxygens (including phenoxy) is 2. The Labute approximate surface area is 354 Å². The van der Waals surface area contributed by atoms with Crippen LogP contribution in [-0.4, -0.2) is 9.13 Å². The van der Waals surface area contributed by atoms with E-state index in [1.807, 2.05) is 91.0 Å². The van der Waals surface area contributed by atoms with Gasteiger partial charge in [0, 0.05) is 52.7 Å². The highest BCUT2D eigenvalue weighted by Crippen LogP contribution is 2.47. The zero-order valence-electron chi connectivity index (χ0n) is 33.9. The standard InChI is InChI=1S/C55H44N2O4/c1-55(48-30-43-24-14-15-25-53(43)61-54(48)58,49-35-56(33-39-16-6-2-7-17-39)51-28-26-44(31-46(49)51)59-37-41-20-10-4-11-21-41)50-36-57(34-40-18-8-3-9-19-40)52-29-27-45(32-47(50)52)60-38-42-22-12-5-13-23-42/h2-32,35-36H,33-34,37-38H2,1H3. The van der Waals surface area contributed by atoms with E-state index in [-0.39, 0.29) is 5.63 Å². The van der Waals surface area contributed by atoms with Crippen LogP contribution in [0.4, 0.5) is 0 Å².